The predicted molar refractivity (Wildman–Crippen MR) is 94.3 cm³/mol. The van der Waals surface area contributed by atoms with Gasteiger partial charge in [0.2, 0.25) is 0 Å². The summed E-state index contributed by atoms with van der Waals surface area (Å²) in [5.41, 5.74) is -1.02. The minimum absolute atomic E-state index is 0.0454. The van der Waals surface area contributed by atoms with Gasteiger partial charge in [-0.2, -0.15) is 0 Å². The first-order valence-corrected chi connectivity index (χ1v) is 10.7. The molecular formula is C14H11BrF2N2O6S2. The lowest BCUT2D eigenvalue weighted by molar-refractivity contribution is -0.385. The second-order valence-electron chi connectivity index (χ2n) is 5.41. The lowest BCUT2D eigenvalue weighted by Gasteiger charge is -2.12. The average molecular weight is 485 g/mol. The highest BCUT2D eigenvalue weighted by Crippen LogP contribution is 2.28. The molecule has 0 aliphatic heterocycles. The molecule has 0 spiro atoms. The molecule has 0 fully saturated rings. The van der Waals surface area contributed by atoms with Crippen LogP contribution in [0.3, 0.4) is 0 Å². The van der Waals surface area contributed by atoms with E-state index in [0.29, 0.717) is 13.0 Å². The zero-order chi connectivity index (χ0) is 20.6. The van der Waals surface area contributed by atoms with E-state index in [-0.39, 0.29) is 4.47 Å². The second-order valence-corrected chi connectivity index (χ2v) is 9.94. The van der Waals surface area contributed by atoms with Gasteiger partial charge in [-0.3, -0.25) is 10.1 Å². The Kier molecular flexibility index (Phi) is 5.71. The molecule has 0 unspecified atom stereocenters. The molecular weight excluding hydrogens is 474 g/mol. The average Bonchev–Trinajstić information content (AvgIpc) is 2.52. The van der Waals surface area contributed by atoms with Crippen LogP contribution in [-0.2, 0) is 26.0 Å². The van der Waals surface area contributed by atoms with Crippen molar-refractivity contribution in [1.82, 2.24) is 4.13 Å². The zero-order valence-electron chi connectivity index (χ0n) is 13.4. The summed E-state index contributed by atoms with van der Waals surface area (Å²) in [6.07, 6.45) is 0. The smallest absolute Gasteiger partial charge is 0.258 e. The number of rotatable bonds is 6. The van der Waals surface area contributed by atoms with Gasteiger partial charge in [-0.15, -0.1) is 4.13 Å². The molecule has 0 bridgehead atoms. The molecule has 0 saturated heterocycles. The van der Waals surface area contributed by atoms with Crippen molar-refractivity contribution in [2.45, 2.75) is 22.6 Å². The zero-order valence-corrected chi connectivity index (χ0v) is 16.6. The van der Waals surface area contributed by atoms with Crippen molar-refractivity contribution in [2.75, 3.05) is 0 Å². The summed E-state index contributed by atoms with van der Waals surface area (Å²) in [5.74, 6) is -3.20. The van der Waals surface area contributed by atoms with E-state index in [4.69, 9.17) is 0 Å². The van der Waals surface area contributed by atoms with Gasteiger partial charge in [-0.05, 0) is 18.2 Å². The Bertz CT molecular complexity index is 1100. The normalized spacial score (nSPS) is 12.7. The summed E-state index contributed by atoms with van der Waals surface area (Å²) in [6, 6.07) is 6.06. The van der Waals surface area contributed by atoms with Crippen LogP contribution in [0.4, 0.5) is 14.5 Å². The van der Waals surface area contributed by atoms with Crippen molar-refractivity contribution in [3.63, 3.8) is 0 Å². The maximum atomic E-state index is 13.2. The van der Waals surface area contributed by atoms with Crippen molar-refractivity contribution < 1.29 is 30.5 Å². The molecule has 0 saturated carbocycles. The standard InChI is InChI=1S/C14H11BrF2N2O6S2/c1-14(16,17)9-2-4-12(5-3-9)26(22,23)18-27(24,25)13-7-10(15)6-11(8-13)19(20)21/h2-8,18H,1H3. The van der Waals surface area contributed by atoms with Gasteiger partial charge in [-0.1, -0.05) is 28.1 Å². The third-order valence-electron chi connectivity index (χ3n) is 3.27. The molecule has 0 heterocycles. The number of nitro groups is 1. The first kappa shape index (κ1) is 21.3. The summed E-state index contributed by atoms with van der Waals surface area (Å²) in [7, 11) is -9.35. The molecule has 2 aromatic carbocycles. The highest BCUT2D eigenvalue weighted by Gasteiger charge is 2.28. The van der Waals surface area contributed by atoms with Gasteiger partial charge in [0.1, 0.15) is 0 Å². The predicted octanol–water partition coefficient (Wildman–Crippen LogP) is 3.14. The Morgan fingerprint density at radius 2 is 1.52 bits per heavy atom. The molecule has 0 aliphatic rings. The molecule has 2 rings (SSSR count). The van der Waals surface area contributed by atoms with E-state index >= 15 is 0 Å². The Labute approximate surface area is 161 Å². The van der Waals surface area contributed by atoms with E-state index in [1.807, 2.05) is 0 Å². The van der Waals surface area contributed by atoms with Crippen molar-refractivity contribution in [1.29, 1.82) is 0 Å². The van der Waals surface area contributed by atoms with E-state index in [9.17, 15) is 35.7 Å². The summed E-state index contributed by atoms with van der Waals surface area (Å²) < 4.78 is 77.0. The molecule has 27 heavy (non-hydrogen) atoms. The molecule has 0 amide bonds. The number of hydrogen-bond acceptors (Lipinski definition) is 6. The van der Waals surface area contributed by atoms with Gasteiger partial charge in [-0.25, -0.2) is 25.6 Å². The fourth-order valence-corrected chi connectivity index (χ4v) is 5.59. The molecule has 146 valence electrons. The number of benzene rings is 2. The van der Waals surface area contributed by atoms with Crippen LogP contribution >= 0.6 is 15.9 Å². The van der Waals surface area contributed by atoms with Gasteiger partial charge >= 0.3 is 0 Å². The number of non-ortho nitro benzene ring substituents is 1. The van der Waals surface area contributed by atoms with Crippen LogP contribution in [0.1, 0.15) is 12.5 Å². The Morgan fingerprint density at radius 1 is 1.00 bits per heavy atom. The molecule has 8 nitrogen and oxygen atoms in total. The number of nitro benzene ring substituents is 1. The van der Waals surface area contributed by atoms with E-state index < -0.39 is 51.9 Å². The van der Waals surface area contributed by atoms with Crippen molar-refractivity contribution in [3.8, 4) is 0 Å². The Balaban J connectivity index is 2.41. The number of sulfonamides is 2. The van der Waals surface area contributed by atoms with Crippen LogP contribution in [0.5, 0.6) is 0 Å². The highest BCUT2D eigenvalue weighted by atomic mass is 79.9. The van der Waals surface area contributed by atoms with Crippen LogP contribution in [0, 0.1) is 10.1 Å². The third kappa shape index (κ3) is 5.06. The summed E-state index contributed by atoms with van der Waals surface area (Å²) >= 11 is 2.91. The third-order valence-corrected chi connectivity index (χ3v) is 7.23. The topological polar surface area (TPSA) is 123 Å². The van der Waals surface area contributed by atoms with Crippen LogP contribution in [0.2, 0.25) is 0 Å². The summed E-state index contributed by atoms with van der Waals surface area (Å²) in [4.78, 5) is 8.77. The molecule has 0 aliphatic carbocycles. The van der Waals surface area contributed by atoms with Crippen molar-refractivity contribution in [3.05, 3.63) is 62.6 Å². The fourth-order valence-electron chi connectivity index (χ4n) is 1.98. The van der Waals surface area contributed by atoms with Crippen molar-refractivity contribution in [2.24, 2.45) is 0 Å². The van der Waals surface area contributed by atoms with Crippen molar-refractivity contribution >= 4 is 41.7 Å². The number of nitrogens with zero attached hydrogens (tertiary/aromatic N) is 1. The lowest BCUT2D eigenvalue weighted by Crippen LogP contribution is -2.30. The first-order valence-electron chi connectivity index (χ1n) is 6.94. The minimum atomic E-state index is -4.70. The van der Waals surface area contributed by atoms with Gasteiger partial charge in [0.05, 0.1) is 14.7 Å². The Hall–Kier alpha value is -1.96. The van der Waals surface area contributed by atoms with Gasteiger partial charge < -0.3 is 0 Å². The lowest BCUT2D eigenvalue weighted by atomic mass is 10.1. The largest absolute Gasteiger partial charge is 0.271 e. The minimum Gasteiger partial charge on any atom is -0.258 e. The molecule has 0 atom stereocenters. The van der Waals surface area contributed by atoms with E-state index in [0.717, 1.165) is 36.4 Å². The summed E-state index contributed by atoms with van der Waals surface area (Å²) in [5, 5.41) is 10.8. The number of halogens is 3. The van der Waals surface area contributed by atoms with E-state index in [1.165, 1.54) is 4.13 Å². The van der Waals surface area contributed by atoms with Gasteiger partial charge in [0.25, 0.3) is 31.7 Å². The molecule has 0 aromatic heterocycles. The monoisotopic (exact) mass is 484 g/mol. The van der Waals surface area contributed by atoms with Gasteiger partial charge in [0, 0.05) is 29.1 Å². The molecule has 0 radical (unpaired) electrons. The second kappa shape index (κ2) is 7.22. The van der Waals surface area contributed by atoms with Crippen LogP contribution < -0.4 is 4.13 Å². The van der Waals surface area contributed by atoms with Crippen LogP contribution in [0.15, 0.2) is 56.7 Å². The van der Waals surface area contributed by atoms with E-state index in [2.05, 4.69) is 15.9 Å². The SMILES string of the molecule is CC(F)(F)c1ccc(S(=O)(=O)NS(=O)(=O)c2cc(Br)cc([N+](=O)[O-])c2)cc1. The highest BCUT2D eigenvalue weighted by molar-refractivity contribution is 9.10. The molecule has 2 aromatic rings. The number of alkyl halides is 2. The van der Waals surface area contributed by atoms with E-state index in [1.54, 1.807) is 0 Å². The number of nitrogens with one attached hydrogen (secondary N) is 1. The maximum Gasteiger partial charge on any atom is 0.271 e. The molecule has 1 N–H and O–H groups in total. The van der Waals surface area contributed by atoms with Crippen LogP contribution in [-0.4, -0.2) is 21.8 Å². The first-order chi connectivity index (χ1) is 12.2. The fraction of sp³-hybridized carbons (Fsp3) is 0.143. The molecule has 13 heteroatoms. The van der Waals surface area contributed by atoms with Gasteiger partial charge in [0.15, 0.2) is 0 Å². The quantitative estimate of drug-likeness (QED) is 0.496. The summed E-state index contributed by atoms with van der Waals surface area (Å²) in [6.45, 7) is 0.624. The maximum absolute atomic E-state index is 13.2. The van der Waals surface area contributed by atoms with Crippen LogP contribution in [0.25, 0.3) is 0 Å². The number of hydrogen-bond donors (Lipinski definition) is 1. The Morgan fingerprint density at radius 3 is 2.00 bits per heavy atom.